The minimum absolute atomic E-state index is 0.0536. The minimum atomic E-state index is -0.101. The number of carbonyl (C=O) groups is 1. The zero-order valence-electron chi connectivity index (χ0n) is 18.6. The molecular formula is C25H31ClN4O. The number of hydrazone groups is 1. The van der Waals surface area contributed by atoms with Gasteiger partial charge in [-0.1, -0.05) is 60.5 Å². The second kappa shape index (κ2) is 9.51. The number of nitrogens with zero attached hydrogens (tertiary/aromatic N) is 4. The number of halogens is 1. The van der Waals surface area contributed by atoms with Crippen LogP contribution in [0.2, 0.25) is 5.02 Å². The SMILES string of the molecule is CCN1CCN(CC(=O)N2N=C(c3ccccc3Cl)C[C@H]2c2cc(C)ccc2C)CC1. The topological polar surface area (TPSA) is 39.1 Å². The molecule has 2 aliphatic rings. The Balaban J connectivity index is 1.61. The van der Waals surface area contributed by atoms with Crippen molar-refractivity contribution in [2.24, 2.45) is 5.10 Å². The molecule has 0 spiro atoms. The molecule has 0 aromatic heterocycles. The number of hydrogen-bond acceptors (Lipinski definition) is 4. The summed E-state index contributed by atoms with van der Waals surface area (Å²) in [6.07, 6.45) is 0.670. The molecule has 0 aliphatic carbocycles. The average molecular weight is 439 g/mol. The van der Waals surface area contributed by atoms with E-state index in [4.69, 9.17) is 16.7 Å². The van der Waals surface area contributed by atoms with Crippen LogP contribution in [0.1, 0.15) is 41.6 Å². The second-order valence-corrected chi connectivity index (χ2v) is 8.96. The van der Waals surface area contributed by atoms with Gasteiger partial charge in [0, 0.05) is 43.2 Å². The number of aryl methyl sites for hydroxylation is 2. The third kappa shape index (κ3) is 4.84. The van der Waals surface area contributed by atoms with Gasteiger partial charge in [-0.05, 0) is 37.6 Å². The average Bonchev–Trinajstić information content (AvgIpc) is 3.21. The normalized spacial score (nSPS) is 20.2. The van der Waals surface area contributed by atoms with Gasteiger partial charge in [-0.2, -0.15) is 5.10 Å². The van der Waals surface area contributed by atoms with Gasteiger partial charge in [0.1, 0.15) is 0 Å². The van der Waals surface area contributed by atoms with Crippen LogP contribution < -0.4 is 0 Å². The molecule has 6 heteroatoms. The van der Waals surface area contributed by atoms with Gasteiger partial charge >= 0.3 is 0 Å². The van der Waals surface area contributed by atoms with Crippen molar-refractivity contribution < 1.29 is 4.79 Å². The van der Waals surface area contributed by atoms with Crippen molar-refractivity contribution in [3.63, 3.8) is 0 Å². The Morgan fingerprint density at radius 3 is 2.48 bits per heavy atom. The predicted molar refractivity (Wildman–Crippen MR) is 127 cm³/mol. The van der Waals surface area contributed by atoms with E-state index in [1.165, 1.54) is 11.1 Å². The summed E-state index contributed by atoms with van der Waals surface area (Å²) in [5, 5.41) is 7.21. The molecule has 5 nitrogen and oxygen atoms in total. The number of piperazine rings is 1. The molecule has 2 aromatic rings. The van der Waals surface area contributed by atoms with Gasteiger partial charge in [-0.3, -0.25) is 9.69 Å². The van der Waals surface area contributed by atoms with Gasteiger partial charge in [-0.15, -0.1) is 0 Å². The lowest BCUT2D eigenvalue weighted by molar-refractivity contribution is -0.134. The van der Waals surface area contributed by atoms with E-state index >= 15 is 0 Å². The second-order valence-electron chi connectivity index (χ2n) is 8.56. The predicted octanol–water partition coefficient (Wildman–Crippen LogP) is 4.27. The van der Waals surface area contributed by atoms with E-state index in [-0.39, 0.29) is 11.9 Å². The molecule has 0 unspecified atom stereocenters. The van der Waals surface area contributed by atoms with Crippen molar-refractivity contribution >= 4 is 23.2 Å². The summed E-state index contributed by atoms with van der Waals surface area (Å²) in [5.74, 6) is 0.0536. The zero-order valence-corrected chi connectivity index (χ0v) is 19.4. The van der Waals surface area contributed by atoms with Crippen molar-refractivity contribution in [2.75, 3.05) is 39.3 Å². The van der Waals surface area contributed by atoms with Crippen molar-refractivity contribution in [3.05, 3.63) is 69.7 Å². The fourth-order valence-corrected chi connectivity index (χ4v) is 4.73. The molecule has 2 heterocycles. The van der Waals surface area contributed by atoms with E-state index < -0.39 is 0 Å². The molecule has 0 bridgehead atoms. The molecule has 164 valence electrons. The van der Waals surface area contributed by atoms with Crippen LogP contribution in [0.15, 0.2) is 47.6 Å². The van der Waals surface area contributed by atoms with Crippen molar-refractivity contribution in [1.82, 2.24) is 14.8 Å². The zero-order chi connectivity index (χ0) is 22.0. The fourth-order valence-electron chi connectivity index (χ4n) is 4.49. The Morgan fingerprint density at radius 1 is 1.06 bits per heavy atom. The van der Waals surface area contributed by atoms with E-state index in [9.17, 15) is 4.79 Å². The number of amides is 1. The van der Waals surface area contributed by atoms with E-state index in [0.29, 0.717) is 18.0 Å². The smallest absolute Gasteiger partial charge is 0.257 e. The van der Waals surface area contributed by atoms with Crippen LogP contribution in [-0.2, 0) is 4.79 Å². The largest absolute Gasteiger partial charge is 0.301 e. The Labute approximate surface area is 190 Å². The lowest BCUT2D eigenvalue weighted by atomic mass is 9.94. The highest BCUT2D eigenvalue weighted by molar-refractivity contribution is 6.34. The van der Waals surface area contributed by atoms with Crippen LogP contribution in [-0.4, -0.2) is 65.7 Å². The summed E-state index contributed by atoms with van der Waals surface area (Å²) in [7, 11) is 0. The third-order valence-electron chi connectivity index (χ3n) is 6.42. The van der Waals surface area contributed by atoms with E-state index in [2.05, 4.69) is 48.8 Å². The maximum Gasteiger partial charge on any atom is 0.257 e. The first kappa shape index (κ1) is 22.0. The van der Waals surface area contributed by atoms with Gasteiger partial charge in [0.15, 0.2) is 0 Å². The van der Waals surface area contributed by atoms with Gasteiger partial charge in [-0.25, -0.2) is 5.01 Å². The maximum atomic E-state index is 13.4. The van der Waals surface area contributed by atoms with Crippen molar-refractivity contribution in [1.29, 1.82) is 0 Å². The molecular weight excluding hydrogens is 408 g/mol. The Kier molecular flexibility index (Phi) is 6.75. The number of rotatable bonds is 5. The summed E-state index contributed by atoms with van der Waals surface area (Å²) < 4.78 is 0. The molecule has 4 rings (SSSR count). The Bertz CT molecular complexity index is 981. The number of likely N-dealkylation sites (N-methyl/N-ethyl adjacent to an activating group) is 1. The van der Waals surface area contributed by atoms with E-state index in [0.717, 1.165) is 49.6 Å². The maximum absolute atomic E-state index is 13.4. The molecule has 0 N–H and O–H groups in total. The van der Waals surface area contributed by atoms with Gasteiger partial charge in [0.25, 0.3) is 5.91 Å². The molecule has 1 amide bonds. The summed E-state index contributed by atoms with van der Waals surface area (Å²) in [5.41, 5.74) is 5.32. The van der Waals surface area contributed by atoms with Gasteiger partial charge in [0.2, 0.25) is 0 Å². The first-order valence-corrected chi connectivity index (χ1v) is 11.5. The highest BCUT2D eigenvalue weighted by atomic mass is 35.5. The molecule has 2 aliphatic heterocycles. The quantitative estimate of drug-likeness (QED) is 0.699. The highest BCUT2D eigenvalue weighted by Crippen LogP contribution is 2.36. The van der Waals surface area contributed by atoms with Crippen LogP contribution in [0.5, 0.6) is 0 Å². The summed E-state index contributed by atoms with van der Waals surface area (Å²) in [6, 6.07) is 14.1. The van der Waals surface area contributed by atoms with E-state index in [1.807, 2.05) is 24.3 Å². The summed E-state index contributed by atoms with van der Waals surface area (Å²) in [4.78, 5) is 18.1. The minimum Gasteiger partial charge on any atom is -0.301 e. The fraction of sp³-hybridized carbons (Fsp3) is 0.440. The lowest BCUT2D eigenvalue weighted by Crippen LogP contribution is -2.49. The molecule has 2 aromatic carbocycles. The first-order valence-electron chi connectivity index (χ1n) is 11.1. The van der Waals surface area contributed by atoms with E-state index in [1.54, 1.807) is 5.01 Å². The molecule has 1 saturated heterocycles. The third-order valence-corrected chi connectivity index (χ3v) is 6.74. The molecule has 0 saturated carbocycles. The summed E-state index contributed by atoms with van der Waals surface area (Å²) in [6.45, 7) is 11.7. The Hall–Kier alpha value is -2.21. The summed E-state index contributed by atoms with van der Waals surface area (Å²) >= 11 is 6.47. The standard InChI is InChI=1S/C25H31ClN4O/c1-4-28-11-13-29(14-12-28)17-25(31)30-24(21-15-18(2)9-10-19(21)3)16-23(27-30)20-7-5-6-8-22(20)26/h5-10,15,24H,4,11-14,16-17H2,1-3H3/t24-/m0/s1. The van der Waals surface area contributed by atoms with Crippen LogP contribution in [0, 0.1) is 13.8 Å². The van der Waals surface area contributed by atoms with Gasteiger partial charge in [0.05, 0.1) is 18.3 Å². The molecule has 1 fully saturated rings. The number of carbonyl (C=O) groups excluding carboxylic acids is 1. The van der Waals surface area contributed by atoms with Gasteiger partial charge < -0.3 is 4.90 Å². The molecule has 1 atom stereocenters. The monoisotopic (exact) mass is 438 g/mol. The number of hydrogen-bond donors (Lipinski definition) is 0. The van der Waals surface area contributed by atoms with Crippen LogP contribution in [0.3, 0.4) is 0 Å². The Morgan fingerprint density at radius 2 is 1.77 bits per heavy atom. The van der Waals surface area contributed by atoms with Crippen molar-refractivity contribution in [2.45, 2.75) is 33.2 Å². The van der Waals surface area contributed by atoms with Crippen LogP contribution in [0.25, 0.3) is 0 Å². The van der Waals surface area contributed by atoms with Crippen LogP contribution in [0.4, 0.5) is 0 Å². The number of benzene rings is 2. The first-order chi connectivity index (χ1) is 15.0. The lowest BCUT2D eigenvalue weighted by Gasteiger charge is -2.34. The molecule has 31 heavy (non-hydrogen) atoms. The van der Waals surface area contributed by atoms with Crippen LogP contribution >= 0.6 is 11.6 Å². The van der Waals surface area contributed by atoms with Crippen molar-refractivity contribution in [3.8, 4) is 0 Å². The highest BCUT2D eigenvalue weighted by Gasteiger charge is 2.35. The molecule has 0 radical (unpaired) electrons.